The van der Waals surface area contributed by atoms with E-state index in [1.54, 1.807) is 0 Å². The Labute approximate surface area is 125 Å². The number of benzene rings is 1. The van der Waals surface area contributed by atoms with Crippen molar-refractivity contribution in [3.8, 4) is 5.75 Å². The highest BCUT2D eigenvalue weighted by Crippen LogP contribution is 2.28. The fourth-order valence-electron chi connectivity index (χ4n) is 2.57. The maximum Gasteiger partial charge on any atom is 0.134 e. The molecule has 0 bridgehead atoms. The largest absolute Gasteiger partial charge is 0.491 e. The molecule has 0 spiro atoms. The van der Waals surface area contributed by atoms with Gasteiger partial charge >= 0.3 is 0 Å². The summed E-state index contributed by atoms with van der Waals surface area (Å²) in [5.41, 5.74) is 0.916. The minimum absolute atomic E-state index is 0.148. The fraction of sp³-hybridized carbons (Fsp3) is 0.529. The highest BCUT2D eigenvalue weighted by molar-refractivity contribution is 5.79. The molecule has 114 valence electrons. The van der Waals surface area contributed by atoms with Gasteiger partial charge in [0.1, 0.15) is 29.8 Å². The van der Waals surface area contributed by atoms with E-state index in [-0.39, 0.29) is 6.10 Å². The van der Waals surface area contributed by atoms with Gasteiger partial charge in [0.25, 0.3) is 0 Å². The molecule has 1 unspecified atom stereocenters. The van der Waals surface area contributed by atoms with Crippen LogP contribution in [0.1, 0.15) is 25.5 Å². The SMILES string of the molecule is CC(C)c1cc2cc(OCC3CN(C)CCO3)ccc2o1. The van der Waals surface area contributed by atoms with E-state index in [0.717, 1.165) is 42.2 Å². The number of furan rings is 1. The molecule has 4 nitrogen and oxygen atoms in total. The van der Waals surface area contributed by atoms with E-state index >= 15 is 0 Å². The topological polar surface area (TPSA) is 34.8 Å². The highest BCUT2D eigenvalue weighted by atomic mass is 16.5. The van der Waals surface area contributed by atoms with Gasteiger partial charge < -0.3 is 18.8 Å². The van der Waals surface area contributed by atoms with Crippen molar-refractivity contribution in [3.05, 3.63) is 30.0 Å². The van der Waals surface area contributed by atoms with Crippen molar-refractivity contribution in [2.45, 2.75) is 25.9 Å². The van der Waals surface area contributed by atoms with Gasteiger partial charge in [-0.1, -0.05) is 13.8 Å². The second kappa shape index (κ2) is 6.08. The molecule has 1 aromatic carbocycles. The number of rotatable bonds is 4. The summed E-state index contributed by atoms with van der Waals surface area (Å²) >= 11 is 0. The average molecular weight is 289 g/mol. The lowest BCUT2D eigenvalue weighted by Gasteiger charge is -2.29. The summed E-state index contributed by atoms with van der Waals surface area (Å²) in [6.45, 7) is 7.55. The number of hydrogen-bond acceptors (Lipinski definition) is 4. The third-order valence-electron chi connectivity index (χ3n) is 3.85. The lowest BCUT2D eigenvalue weighted by molar-refractivity contribution is -0.0403. The minimum atomic E-state index is 0.148. The van der Waals surface area contributed by atoms with E-state index in [0.29, 0.717) is 12.5 Å². The number of morpholine rings is 1. The molecule has 4 heteroatoms. The Morgan fingerprint density at radius 2 is 2.19 bits per heavy atom. The first-order chi connectivity index (χ1) is 10.1. The molecule has 1 fully saturated rings. The maximum absolute atomic E-state index is 5.88. The Morgan fingerprint density at radius 3 is 2.95 bits per heavy atom. The van der Waals surface area contributed by atoms with Crippen molar-refractivity contribution in [2.75, 3.05) is 33.4 Å². The molecule has 0 aliphatic carbocycles. The Bertz CT molecular complexity index is 605. The summed E-state index contributed by atoms with van der Waals surface area (Å²) in [5, 5.41) is 1.10. The normalized spacial score (nSPS) is 20.3. The van der Waals surface area contributed by atoms with E-state index in [9.17, 15) is 0 Å². The van der Waals surface area contributed by atoms with E-state index in [2.05, 4.69) is 31.9 Å². The van der Waals surface area contributed by atoms with Crippen molar-refractivity contribution in [1.82, 2.24) is 4.90 Å². The number of nitrogens with zero attached hydrogens (tertiary/aromatic N) is 1. The second-order valence-corrected chi connectivity index (χ2v) is 6.07. The van der Waals surface area contributed by atoms with E-state index < -0.39 is 0 Å². The molecule has 0 N–H and O–H groups in total. The number of likely N-dealkylation sites (N-methyl/N-ethyl adjacent to an activating group) is 1. The summed E-state index contributed by atoms with van der Waals surface area (Å²) in [6, 6.07) is 8.07. The molecule has 1 aromatic heterocycles. The van der Waals surface area contributed by atoms with E-state index in [1.807, 2.05) is 18.2 Å². The van der Waals surface area contributed by atoms with Crippen LogP contribution in [0.3, 0.4) is 0 Å². The number of hydrogen-bond donors (Lipinski definition) is 0. The van der Waals surface area contributed by atoms with E-state index in [4.69, 9.17) is 13.9 Å². The van der Waals surface area contributed by atoms with Gasteiger partial charge in [0.15, 0.2) is 0 Å². The van der Waals surface area contributed by atoms with Gasteiger partial charge in [-0.25, -0.2) is 0 Å². The van der Waals surface area contributed by atoms with Crippen LogP contribution in [-0.2, 0) is 4.74 Å². The van der Waals surface area contributed by atoms with E-state index in [1.165, 1.54) is 0 Å². The molecule has 1 aliphatic heterocycles. The lowest BCUT2D eigenvalue weighted by atomic mass is 10.1. The smallest absolute Gasteiger partial charge is 0.134 e. The molecule has 0 radical (unpaired) electrons. The molecule has 1 aliphatic rings. The molecular formula is C17H23NO3. The van der Waals surface area contributed by atoms with Crippen LogP contribution in [0.5, 0.6) is 5.75 Å². The average Bonchev–Trinajstić information content (AvgIpc) is 2.88. The predicted octanol–water partition coefficient (Wildman–Crippen LogP) is 3.27. The third-order valence-corrected chi connectivity index (χ3v) is 3.85. The predicted molar refractivity (Wildman–Crippen MR) is 83.0 cm³/mol. The van der Waals surface area contributed by atoms with Gasteiger partial charge in [-0.05, 0) is 31.3 Å². The highest BCUT2D eigenvalue weighted by Gasteiger charge is 2.18. The van der Waals surface area contributed by atoms with Crippen LogP contribution in [0.2, 0.25) is 0 Å². The van der Waals surface area contributed by atoms with Crippen molar-refractivity contribution >= 4 is 11.0 Å². The van der Waals surface area contributed by atoms with Gasteiger partial charge in [-0.3, -0.25) is 0 Å². The van der Waals surface area contributed by atoms with Crippen LogP contribution in [0.25, 0.3) is 11.0 Å². The lowest BCUT2D eigenvalue weighted by Crippen LogP contribution is -2.42. The molecule has 1 saturated heterocycles. The number of ether oxygens (including phenoxy) is 2. The summed E-state index contributed by atoms with van der Waals surface area (Å²) in [7, 11) is 2.11. The zero-order valence-corrected chi connectivity index (χ0v) is 13.0. The van der Waals surface area contributed by atoms with Gasteiger partial charge in [0.05, 0.1) is 6.61 Å². The van der Waals surface area contributed by atoms with Gasteiger partial charge in [-0.15, -0.1) is 0 Å². The molecule has 0 amide bonds. The number of fused-ring (bicyclic) bond motifs is 1. The fourth-order valence-corrected chi connectivity index (χ4v) is 2.57. The van der Waals surface area contributed by atoms with Crippen LogP contribution in [0.4, 0.5) is 0 Å². The van der Waals surface area contributed by atoms with Crippen LogP contribution in [-0.4, -0.2) is 44.4 Å². The van der Waals surface area contributed by atoms with Crippen LogP contribution in [0.15, 0.2) is 28.7 Å². The molecule has 21 heavy (non-hydrogen) atoms. The molecular weight excluding hydrogens is 266 g/mol. The Hall–Kier alpha value is -1.52. The second-order valence-electron chi connectivity index (χ2n) is 6.07. The quantitative estimate of drug-likeness (QED) is 0.865. The molecule has 3 rings (SSSR count). The molecule has 1 atom stereocenters. The van der Waals surface area contributed by atoms with Gasteiger partial charge in [0.2, 0.25) is 0 Å². The monoisotopic (exact) mass is 289 g/mol. The Kier molecular flexibility index (Phi) is 4.17. The minimum Gasteiger partial charge on any atom is -0.491 e. The Morgan fingerprint density at radius 1 is 1.33 bits per heavy atom. The Balaban J connectivity index is 1.66. The van der Waals surface area contributed by atoms with Gasteiger partial charge in [-0.2, -0.15) is 0 Å². The van der Waals surface area contributed by atoms with Crippen molar-refractivity contribution in [2.24, 2.45) is 0 Å². The van der Waals surface area contributed by atoms with Gasteiger partial charge in [0, 0.05) is 24.4 Å². The van der Waals surface area contributed by atoms with Crippen LogP contribution >= 0.6 is 0 Å². The molecule has 0 saturated carbocycles. The zero-order valence-electron chi connectivity index (χ0n) is 13.0. The van der Waals surface area contributed by atoms with Crippen molar-refractivity contribution < 1.29 is 13.9 Å². The standard InChI is InChI=1S/C17H23NO3/c1-12(2)17-9-13-8-14(4-5-16(13)21-17)20-11-15-10-18(3)6-7-19-15/h4-5,8-9,12,15H,6-7,10-11H2,1-3H3. The first-order valence-corrected chi connectivity index (χ1v) is 7.58. The third kappa shape index (κ3) is 3.39. The molecule has 2 aromatic rings. The summed E-state index contributed by atoms with van der Waals surface area (Å²) < 4.78 is 17.4. The first-order valence-electron chi connectivity index (χ1n) is 7.58. The molecule has 2 heterocycles. The summed E-state index contributed by atoms with van der Waals surface area (Å²) in [6.07, 6.45) is 0.148. The summed E-state index contributed by atoms with van der Waals surface area (Å²) in [5.74, 6) is 2.28. The first kappa shape index (κ1) is 14.4. The van der Waals surface area contributed by atoms with Crippen molar-refractivity contribution in [1.29, 1.82) is 0 Å². The maximum atomic E-state index is 5.88. The summed E-state index contributed by atoms with van der Waals surface area (Å²) in [4.78, 5) is 2.27. The zero-order chi connectivity index (χ0) is 14.8. The van der Waals surface area contributed by atoms with Crippen molar-refractivity contribution in [3.63, 3.8) is 0 Å². The van der Waals surface area contributed by atoms with Crippen LogP contribution < -0.4 is 4.74 Å². The van der Waals surface area contributed by atoms with Crippen LogP contribution in [0, 0.1) is 0 Å².